The highest BCUT2D eigenvalue weighted by molar-refractivity contribution is 7.26. The lowest BCUT2D eigenvalue weighted by atomic mass is 9.84. The van der Waals surface area contributed by atoms with Crippen molar-refractivity contribution in [3.05, 3.63) is 182 Å². The van der Waals surface area contributed by atoms with Crippen molar-refractivity contribution >= 4 is 74.6 Å². The number of thiophene rings is 1. The van der Waals surface area contributed by atoms with Crippen molar-refractivity contribution in [1.82, 2.24) is 0 Å². The van der Waals surface area contributed by atoms with Gasteiger partial charge in [-0.2, -0.15) is 0 Å². The third-order valence-corrected chi connectivity index (χ3v) is 12.2. The smallest absolute Gasteiger partial charge is 0.135 e. The highest BCUT2D eigenvalue weighted by Crippen LogP contribution is 2.51. The van der Waals surface area contributed by atoms with E-state index < -0.39 is 0 Å². The molecule has 0 aliphatic heterocycles. The molecule has 0 bridgehead atoms. The molecule has 0 radical (unpaired) electrons. The molecule has 2 heteroatoms. The molecular formula is C51H32OS. The maximum Gasteiger partial charge on any atom is 0.135 e. The summed E-state index contributed by atoms with van der Waals surface area (Å²) in [5.74, 6) is 1.82. The van der Waals surface area contributed by atoms with Crippen LogP contribution in [0.25, 0.3) is 108 Å². The van der Waals surface area contributed by atoms with E-state index in [1.807, 2.05) is 18.3 Å². The Morgan fingerprint density at radius 1 is 0.358 bits per heavy atom. The molecule has 0 amide bonds. The van der Waals surface area contributed by atoms with Crippen LogP contribution in [0, 0.1) is 6.92 Å². The molecule has 0 aliphatic rings. The van der Waals surface area contributed by atoms with Crippen LogP contribution in [0.15, 0.2) is 180 Å². The van der Waals surface area contributed by atoms with Gasteiger partial charge in [-0.1, -0.05) is 158 Å². The largest absolute Gasteiger partial charge is 0.461 e. The van der Waals surface area contributed by atoms with Gasteiger partial charge in [0.1, 0.15) is 11.5 Å². The zero-order valence-electron chi connectivity index (χ0n) is 29.1. The third-order valence-electron chi connectivity index (χ3n) is 11.0. The lowest BCUT2D eigenvalue weighted by Gasteiger charge is -2.18. The molecule has 11 rings (SSSR count). The molecule has 248 valence electrons. The van der Waals surface area contributed by atoms with Crippen LogP contribution >= 0.6 is 11.3 Å². The Labute approximate surface area is 311 Å². The molecular weight excluding hydrogens is 661 g/mol. The van der Waals surface area contributed by atoms with Crippen LogP contribution < -0.4 is 0 Å². The molecule has 53 heavy (non-hydrogen) atoms. The van der Waals surface area contributed by atoms with Crippen LogP contribution in [0.1, 0.15) is 5.76 Å². The zero-order chi connectivity index (χ0) is 35.0. The summed E-state index contributed by atoms with van der Waals surface area (Å²) in [6, 6.07) is 64.4. The summed E-state index contributed by atoms with van der Waals surface area (Å²) >= 11 is 1.91. The van der Waals surface area contributed by atoms with Gasteiger partial charge in [0, 0.05) is 31.3 Å². The van der Waals surface area contributed by atoms with Gasteiger partial charge in [-0.15, -0.1) is 11.3 Å². The first-order chi connectivity index (χ1) is 26.2. The molecule has 0 saturated heterocycles. The first-order valence-electron chi connectivity index (χ1n) is 18.2. The Balaban J connectivity index is 1.24. The Morgan fingerprint density at radius 3 is 1.36 bits per heavy atom. The van der Waals surface area contributed by atoms with Crippen molar-refractivity contribution in [2.75, 3.05) is 0 Å². The van der Waals surface area contributed by atoms with Crippen LogP contribution in [-0.2, 0) is 0 Å². The Kier molecular flexibility index (Phi) is 6.71. The summed E-state index contributed by atoms with van der Waals surface area (Å²) in [6.07, 6.45) is 0. The number of fused-ring (bicyclic) bond motifs is 7. The van der Waals surface area contributed by atoms with E-state index in [4.69, 9.17) is 4.42 Å². The fourth-order valence-corrected chi connectivity index (χ4v) is 10.1. The molecule has 0 atom stereocenters. The summed E-state index contributed by atoms with van der Waals surface area (Å²) in [5.41, 5.74) is 8.77. The van der Waals surface area contributed by atoms with Gasteiger partial charge < -0.3 is 4.42 Å². The normalized spacial score (nSPS) is 11.9. The number of aryl methyl sites for hydroxylation is 1. The second-order valence-electron chi connectivity index (χ2n) is 13.9. The fraction of sp³-hybridized carbons (Fsp3) is 0.0196. The second kappa shape index (κ2) is 11.8. The minimum absolute atomic E-state index is 0.906. The summed E-state index contributed by atoms with van der Waals surface area (Å²) < 4.78 is 8.89. The van der Waals surface area contributed by atoms with Crippen molar-refractivity contribution in [2.45, 2.75) is 6.92 Å². The second-order valence-corrected chi connectivity index (χ2v) is 15.0. The van der Waals surface area contributed by atoms with Gasteiger partial charge >= 0.3 is 0 Å². The predicted octanol–water partition coefficient (Wildman–Crippen LogP) is 15.2. The quantitative estimate of drug-likeness (QED) is 0.167. The Hall–Kier alpha value is -6.48. The Bertz CT molecular complexity index is 3120. The number of furan rings is 1. The monoisotopic (exact) mass is 692 g/mol. The van der Waals surface area contributed by atoms with Gasteiger partial charge in [0.05, 0.1) is 0 Å². The van der Waals surface area contributed by atoms with E-state index in [1.165, 1.54) is 96.6 Å². The molecule has 0 aliphatic carbocycles. The highest BCUT2D eigenvalue weighted by atomic mass is 32.1. The molecule has 2 heterocycles. The molecule has 1 nitrogen and oxygen atoms in total. The molecule has 2 aromatic heterocycles. The maximum absolute atomic E-state index is 6.29. The summed E-state index contributed by atoms with van der Waals surface area (Å²) in [7, 11) is 0. The number of rotatable bonds is 4. The number of hydrogen-bond donors (Lipinski definition) is 0. The molecule has 9 aromatic carbocycles. The topological polar surface area (TPSA) is 13.1 Å². The van der Waals surface area contributed by atoms with Crippen LogP contribution in [0.2, 0.25) is 0 Å². The average Bonchev–Trinajstić information content (AvgIpc) is 3.82. The molecule has 0 N–H and O–H groups in total. The van der Waals surface area contributed by atoms with E-state index in [1.54, 1.807) is 0 Å². The summed E-state index contributed by atoms with van der Waals surface area (Å²) in [5, 5.41) is 12.6. The van der Waals surface area contributed by atoms with E-state index in [0.717, 1.165) is 17.1 Å². The van der Waals surface area contributed by atoms with Crippen LogP contribution in [0.4, 0.5) is 0 Å². The van der Waals surface area contributed by atoms with Crippen molar-refractivity contribution < 1.29 is 4.42 Å². The standard InChI is InChI=1S/C51H32OS/c1-31-29-30-44(52-31)49-39-23-11-9-21-37(39)48(38-22-10-12-24-40(38)49)42-26-13-27-43-50-41(25-14-28-45(50)53-51(42)43)47-35-19-7-5-17-33(35)46(32-15-3-2-4-16-32)34-18-6-8-20-36(34)47/h2-30H,1H3. The van der Waals surface area contributed by atoms with Crippen LogP contribution in [0.5, 0.6) is 0 Å². The Morgan fingerprint density at radius 2 is 0.811 bits per heavy atom. The minimum Gasteiger partial charge on any atom is -0.461 e. The summed E-state index contributed by atoms with van der Waals surface area (Å²) in [6.45, 7) is 2.02. The maximum atomic E-state index is 6.29. The molecule has 11 aromatic rings. The number of benzene rings is 9. The predicted molar refractivity (Wildman–Crippen MR) is 228 cm³/mol. The first kappa shape index (κ1) is 30.2. The molecule has 0 fully saturated rings. The van der Waals surface area contributed by atoms with E-state index in [2.05, 4.69) is 176 Å². The SMILES string of the molecule is Cc1ccc(-c2c3ccccc3c(-c3cccc4c3sc3cccc(-c5c6ccccc6c(-c6ccccc6)c6ccccc56)c34)c3ccccc23)o1. The van der Waals surface area contributed by atoms with Gasteiger partial charge in [0.25, 0.3) is 0 Å². The lowest BCUT2D eigenvalue weighted by molar-refractivity contribution is 0.549. The zero-order valence-corrected chi connectivity index (χ0v) is 29.9. The van der Waals surface area contributed by atoms with Gasteiger partial charge in [0.2, 0.25) is 0 Å². The van der Waals surface area contributed by atoms with Crippen molar-refractivity contribution in [2.24, 2.45) is 0 Å². The first-order valence-corrected chi connectivity index (χ1v) is 19.0. The minimum atomic E-state index is 0.906. The molecule has 0 saturated carbocycles. The van der Waals surface area contributed by atoms with Gasteiger partial charge in [-0.3, -0.25) is 0 Å². The average molecular weight is 693 g/mol. The lowest BCUT2D eigenvalue weighted by Crippen LogP contribution is -1.91. The molecule has 0 unspecified atom stereocenters. The van der Waals surface area contributed by atoms with E-state index in [9.17, 15) is 0 Å². The highest BCUT2D eigenvalue weighted by Gasteiger charge is 2.23. The van der Waals surface area contributed by atoms with E-state index in [-0.39, 0.29) is 0 Å². The van der Waals surface area contributed by atoms with E-state index in [0.29, 0.717) is 0 Å². The number of hydrogen-bond acceptors (Lipinski definition) is 2. The molecule has 0 spiro atoms. The summed E-state index contributed by atoms with van der Waals surface area (Å²) in [4.78, 5) is 0. The van der Waals surface area contributed by atoms with E-state index >= 15 is 0 Å². The van der Waals surface area contributed by atoms with Crippen LogP contribution in [-0.4, -0.2) is 0 Å². The van der Waals surface area contributed by atoms with Gasteiger partial charge in [-0.05, 0) is 96.0 Å². The fourth-order valence-electron chi connectivity index (χ4n) is 8.84. The van der Waals surface area contributed by atoms with Crippen molar-refractivity contribution in [3.8, 4) is 44.7 Å². The van der Waals surface area contributed by atoms with Crippen molar-refractivity contribution in [1.29, 1.82) is 0 Å². The van der Waals surface area contributed by atoms with Gasteiger partial charge in [0.15, 0.2) is 0 Å². The van der Waals surface area contributed by atoms with Crippen molar-refractivity contribution in [3.63, 3.8) is 0 Å². The van der Waals surface area contributed by atoms with Gasteiger partial charge in [-0.25, -0.2) is 0 Å². The van der Waals surface area contributed by atoms with Crippen LogP contribution in [0.3, 0.4) is 0 Å². The third kappa shape index (κ3) is 4.49.